The first-order valence-corrected chi connectivity index (χ1v) is 3.34. The topological polar surface area (TPSA) is 0 Å². The fourth-order valence-corrected chi connectivity index (χ4v) is 0.576. The van der Waals surface area contributed by atoms with Crippen molar-refractivity contribution in [3.05, 3.63) is 6.92 Å². The van der Waals surface area contributed by atoms with Gasteiger partial charge in [0.2, 0.25) is 0 Å². The van der Waals surface area contributed by atoms with Crippen LogP contribution in [0.2, 0.25) is 0 Å². The third-order valence-corrected chi connectivity index (χ3v) is 1.55. The van der Waals surface area contributed by atoms with Gasteiger partial charge in [0, 0.05) is 6.92 Å². The molecule has 0 saturated carbocycles. The molecule has 97 valence electrons. The van der Waals surface area contributed by atoms with Crippen molar-refractivity contribution in [1.82, 2.24) is 0 Å². The van der Waals surface area contributed by atoms with E-state index in [4.69, 9.17) is 0 Å². The molecule has 0 heterocycles. The van der Waals surface area contributed by atoms with Crippen LogP contribution in [0.5, 0.6) is 0 Å². The average Bonchev–Trinajstić information content (AvgIpc) is 2.00. The molecule has 0 aromatic heterocycles. The van der Waals surface area contributed by atoms with E-state index < -0.39 is 30.1 Å². The van der Waals surface area contributed by atoms with E-state index in [1.165, 1.54) is 6.92 Å². The van der Waals surface area contributed by atoms with E-state index in [1.54, 1.807) is 0 Å². The minimum Gasteiger partial charge on any atom is -0.203 e. The van der Waals surface area contributed by atoms with E-state index in [0.29, 0.717) is 0 Å². The average molecular weight is 265 g/mol. The lowest BCUT2D eigenvalue weighted by Gasteiger charge is -2.34. The van der Waals surface area contributed by atoms with Crippen molar-refractivity contribution >= 4 is 0 Å². The molecule has 0 bridgehead atoms. The van der Waals surface area contributed by atoms with Gasteiger partial charge in [-0.25, -0.2) is 8.78 Å². The van der Waals surface area contributed by atoms with Gasteiger partial charge in [-0.1, -0.05) is 0 Å². The highest BCUT2D eigenvalue weighted by atomic mass is 19.4. The van der Waals surface area contributed by atoms with Crippen molar-refractivity contribution in [3.8, 4) is 0 Å². The van der Waals surface area contributed by atoms with Crippen LogP contribution in [-0.2, 0) is 0 Å². The molecule has 0 unspecified atom stereocenters. The maximum Gasteiger partial charge on any atom is 0.384 e. The first-order chi connectivity index (χ1) is 6.69. The lowest BCUT2D eigenvalue weighted by Crippen LogP contribution is -2.63. The van der Waals surface area contributed by atoms with Crippen LogP contribution in [0, 0.1) is 6.92 Å². The molecule has 0 spiro atoms. The molecule has 10 heteroatoms. The van der Waals surface area contributed by atoms with E-state index in [1.807, 2.05) is 0 Å². The summed E-state index contributed by atoms with van der Waals surface area (Å²) in [7, 11) is 0. The quantitative estimate of drug-likeness (QED) is 0.681. The zero-order valence-electron chi connectivity index (χ0n) is 7.06. The number of rotatable bonds is 4. The lowest BCUT2D eigenvalue weighted by molar-refractivity contribution is -0.375. The summed E-state index contributed by atoms with van der Waals surface area (Å²) in [5.41, 5.74) is 0. The minimum atomic E-state index is -6.93. The van der Waals surface area contributed by atoms with Gasteiger partial charge in [-0.3, -0.25) is 0 Å². The van der Waals surface area contributed by atoms with Crippen molar-refractivity contribution < 1.29 is 43.9 Å². The van der Waals surface area contributed by atoms with Crippen LogP contribution in [0.15, 0.2) is 0 Å². The summed E-state index contributed by atoms with van der Waals surface area (Å²) in [6.45, 7) is 1.24. The molecule has 0 aromatic carbocycles. The van der Waals surface area contributed by atoms with Gasteiger partial charge in [0.25, 0.3) is 0 Å². The van der Waals surface area contributed by atoms with Gasteiger partial charge in [0.15, 0.2) is 0 Å². The van der Waals surface area contributed by atoms with Gasteiger partial charge in [-0.05, 0) is 0 Å². The molecule has 0 aliphatic heterocycles. The summed E-state index contributed by atoms with van der Waals surface area (Å²) in [5, 5.41) is 0. The van der Waals surface area contributed by atoms with E-state index in [0.717, 1.165) is 0 Å². The predicted octanol–water partition coefficient (Wildman–Crippen LogP) is 3.63. The van der Waals surface area contributed by atoms with Crippen LogP contribution < -0.4 is 0 Å². The molecule has 0 amide bonds. The Morgan fingerprint density at radius 2 is 1.00 bits per heavy atom. The molecule has 0 atom stereocenters. The van der Waals surface area contributed by atoms with Crippen LogP contribution in [0.3, 0.4) is 0 Å². The van der Waals surface area contributed by atoms with Gasteiger partial charge in [0.1, 0.15) is 0 Å². The highest BCUT2D eigenvalue weighted by molar-refractivity contribution is 5.05. The third-order valence-electron chi connectivity index (χ3n) is 1.55. The highest BCUT2D eigenvalue weighted by Gasteiger charge is 2.81. The Bertz CT molecular complexity index is 249. The van der Waals surface area contributed by atoms with Gasteiger partial charge in [-0.2, -0.15) is 35.1 Å². The monoisotopic (exact) mass is 265 g/mol. The number of halogens is 10. The smallest absolute Gasteiger partial charge is 0.203 e. The molecule has 0 fully saturated rings. The second kappa shape index (κ2) is 3.66. The van der Waals surface area contributed by atoms with Crippen molar-refractivity contribution in [3.63, 3.8) is 0 Å². The van der Waals surface area contributed by atoms with Gasteiger partial charge in [-0.15, -0.1) is 0 Å². The number of alkyl halides is 10. The molecule has 0 saturated heterocycles. The van der Waals surface area contributed by atoms with Crippen LogP contribution >= 0.6 is 0 Å². The molecule has 0 aliphatic rings. The predicted molar refractivity (Wildman–Crippen MR) is 31.1 cm³/mol. The molecule has 0 rings (SSSR count). The maximum atomic E-state index is 12.2. The molecule has 16 heavy (non-hydrogen) atoms. The van der Waals surface area contributed by atoms with Crippen LogP contribution in [0.25, 0.3) is 0 Å². The SMILES string of the molecule is [CH2]C(F)(F)C(F)(F)C(F)(F)C(F)(F)C(F)F. The molecular weight excluding hydrogens is 262 g/mol. The lowest BCUT2D eigenvalue weighted by atomic mass is 10.00. The van der Waals surface area contributed by atoms with Crippen LogP contribution in [0.1, 0.15) is 0 Å². The van der Waals surface area contributed by atoms with Gasteiger partial charge in [0.05, 0.1) is 0 Å². The van der Waals surface area contributed by atoms with Gasteiger partial charge >= 0.3 is 30.1 Å². The summed E-state index contributed by atoms with van der Waals surface area (Å²) in [6.07, 6.45) is -5.23. The van der Waals surface area contributed by atoms with E-state index >= 15 is 0 Å². The Morgan fingerprint density at radius 1 is 0.688 bits per heavy atom. The Kier molecular flexibility index (Phi) is 3.50. The fraction of sp³-hybridized carbons (Fsp3) is 0.833. The van der Waals surface area contributed by atoms with Gasteiger partial charge < -0.3 is 0 Å². The van der Waals surface area contributed by atoms with E-state index in [-0.39, 0.29) is 0 Å². The van der Waals surface area contributed by atoms with Crippen molar-refractivity contribution in [1.29, 1.82) is 0 Å². The van der Waals surface area contributed by atoms with E-state index in [9.17, 15) is 43.9 Å². The second-order valence-electron chi connectivity index (χ2n) is 2.78. The fourth-order valence-electron chi connectivity index (χ4n) is 0.576. The Hall–Kier alpha value is -0.700. The van der Waals surface area contributed by atoms with E-state index in [2.05, 4.69) is 0 Å². The normalized spacial score (nSPS) is 15.8. The summed E-state index contributed by atoms with van der Waals surface area (Å²) in [6, 6.07) is 0. The second-order valence-corrected chi connectivity index (χ2v) is 2.78. The molecule has 0 aliphatic carbocycles. The zero-order valence-corrected chi connectivity index (χ0v) is 7.06. The number of hydrogen-bond acceptors (Lipinski definition) is 0. The van der Waals surface area contributed by atoms with Crippen LogP contribution in [-0.4, -0.2) is 30.1 Å². The molecule has 1 radical (unpaired) electrons. The Morgan fingerprint density at radius 3 is 1.19 bits per heavy atom. The van der Waals surface area contributed by atoms with Crippen LogP contribution in [0.4, 0.5) is 43.9 Å². The zero-order chi connectivity index (χ0) is 13.6. The molecular formula is C6H3F10. The Labute approximate surface area is 82.2 Å². The Balaban J connectivity index is 5.53. The molecule has 0 aromatic rings. The summed E-state index contributed by atoms with van der Waals surface area (Å²) in [5.74, 6) is -26.1. The molecule has 0 N–H and O–H groups in total. The first-order valence-electron chi connectivity index (χ1n) is 3.34. The largest absolute Gasteiger partial charge is 0.384 e. The first kappa shape index (κ1) is 15.3. The highest BCUT2D eigenvalue weighted by Crippen LogP contribution is 2.53. The summed E-state index contributed by atoms with van der Waals surface area (Å²) >= 11 is 0. The summed E-state index contributed by atoms with van der Waals surface area (Å²) in [4.78, 5) is 0. The van der Waals surface area contributed by atoms with Crippen molar-refractivity contribution in [2.45, 2.75) is 30.1 Å². The third kappa shape index (κ3) is 1.93. The molecule has 0 nitrogen and oxygen atoms in total. The summed E-state index contributed by atoms with van der Waals surface area (Å²) < 4.78 is 119. The van der Waals surface area contributed by atoms with Crippen molar-refractivity contribution in [2.24, 2.45) is 0 Å². The number of hydrogen-bond donors (Lipinski definition) is 0. The maximum absolute atomic E-state index is 12.2. The standard InChI is InChI=1S/C6H3F10/c1-3(9,10)5(13,14)6(15,16)4(11,12)2(7)8/h2H,1H2. The van der Waals surface area contributed by atoms with Crippen molar-refractivity contribution in [2.75, 3.05) is 0 Å². The minimum absolute atomic E-state index is 1.24.